The number of esters is 1. The molecule has 0 fully saturated rings. The van der Waals surface area contributed by atoms with Crippen LogP contribution in [-0.4, -0.2) is 39.6 Å². The summed E-state index contributed by atoms with van der Waals surface area (Å²) in [4.78, 5) is 25.1. The molecule has 0 amide bonds. The number of thiophene rings is 1. The number of ether oxygens (including phenoxy) is 1. The summed E-state index contributed by atoms with van der Waals surface area (Å²) < 4.78 is 31.1. The maximum Gasteiger partial charge on any atom is 0.348 e. The highest BCUT2D eigenvalue weighted by molar-refractivity contribution is 7.92. The van der Waals surface area contributed by atoms with E-state index in [9.17, 15) is 18.0 Å². The summed E-state index contributed by atoms with van der Waals surface area (Å²) in [7, 11) is -3.33. The van der Waals surface area contributed by atoms with Gasteiger partial charge in [-0.15, -0.1) is 11.3 Å². The average molecular weight is 415 g/mol. The number of rotatable bonds is 5. The molecule has 0 bridgehead atoms. The van der Waals surface area contributed by atoms with E-state index < -0.39 is 16.0 Å². The molecular formula is C20H17NO5S2. The molecule has 8 heteroatoms. The molecule has 1 aliphatic rings. The van der Waals surface area contributed by atoms with E-state index in [-0.39, 0.29) is 12.4 Å². The van der Waals surface area contributed by atoms with Gasteiger partial charge in [-0.2, -0.15) is 0 Å². The number of carbonyl (C=O) groups is 2. The summed E-state index contributed by atoms with van der Waals surface area (Å²) in [5.41, 5.74) is 1.80. The van der Waals surface area contributed by atoms with E-state index in [0.29, 0.717) is 29.1 Å². The molecule has 0 spiro atoms. The van der Waals surface area contributed by atoms with Gasteiger partial charge in [0.1, 0.15) is 4.88 Å². The summed E-state index contributed by atoms with van der Waals surface area (Å²) in [6, 6.07) is 14.3. The zero-order chi connectivity index (χ0) is 19.9. The van der Waals surface area contributed by atoms with Gasteiger partial charge in [0, 0.05) is 16.8 Å². The van der Waals surface area contributed by atoms with Gasteiger partial charge in [-0.3, -0.25) is 9.10 Å². The Morgan fingerprint density at radius 1 is 1.14 bits per heavy atom. The van der Waals surface area contributed by atoms with Crippen molar-refractivity contribution in [3.05, 3.63) is 64.5 Å². The Hall–Kier alpha value is -2.71. The van der Waals surface area contributed by atoms with Crippen molar-refractivity contribution >= 4 is 48.9 Å². The molecule has 28 heavy (non-hydrogen) atoms. The van der Waals surface area contributed by atoms with Crippen molar-refractivity contribution in [2.75, 3.05) is 23.7 Å². The number of hydrogen-bond donors (Lipinski definition) is 0. The zero-order valence-electron chi connectivity index (χ0n) is 15.0. The highest BCUT2D eigenvalue weighted by Crippen LogP contribution is 2.31. The number of nitrogens with zero attached hydrogens (tertiary/aromatic N) is 1. The van der Waals surface area contributed by atoms with Crippen LogP contribution in [-0.2, 0) is 21.2 Å². The van der Waals surface area contributed by atoms with Crippen molar-refractivity contribution < 1.29 is 22.7 Å². The van der Waals surface area contributed by atoms with Gasteiger partial charge < -0.3 is 4.74 Å². The second-order valence-corrected chi connectivity index (χ2v) is 9.57. The Labute approximate surface area is 166 Å². The van der Waals surface area contributed by atoms with Crippen LogP contribution in [0.4, 0.5) is 5.69 Å². The molecule has 0 aliphatic carbocycles. The number of Topliss-reactive ketones (excluding diaryl/α,β-unsaturated/α-hetero) is 1. The van der Waals surface area contributed by atoms with Crippen LogP contribution < -0.4 is 4.31 Å². The van der Waals surface area contributed by atoms with E-state index in [1.165, 1.54) is 15.6 Å². The summed E-state index contributed by atoms with van der Waals surface area (Å²) in [6.45, 7) is 0.00832. The van der Waals surface area contributed by atoms with Crippen molar-refractivity contribution in [2.24, 2.45) is 0 Å². The second-order valence-electron chi connectivity index (χ2n) is 6.58. The molecule has 2 heterocycles. The number of anilines is 1. The highest BCUT2D eigenvalue weighted by atomic mass is 32.2. The van der Waals surface area contributed by atoms with Crippen LogP contribution in [0, 0.1) is 0 Å². The fourth-order valence-corrected chi connectivity index (χ4v) is 5.17. The Kier molecular flexibility index (Phi) is 4.68. The van der Waals surface area contributed by atoms with Crippen molar-refractivity contribution in [2.45, 2.75) is 6.42 Å². The first-order valence-electron chi connectivity index (χ1n) is 8.62. The van der Waals surface area contributed by atoms with Crippen LogP contribution >= 0.6 is 11.3 Å². The minimum Gasteiger partial charge on any atom is -0.453 e. The lowest BCUT2D eigenvalue weighted by atomic mass is 10.1. The second kappa shape index (κ2) is 7.03. The van der Waals surface area contributed by atoms with Crippen LogP contribution in [0.25, 0.3) is 10.1 Å². The van der Waals surface area contributed by atoms with Crippen molar-refractivity contribution in [1.82, 2.24) is 0 Å². The molecule has 0 saturated carbocycles. The third-order valence-corrected chi connectivity index (χ3v) is 6.89. The predicted molar refractivity (Wildman–Crippen MR) is 109 cm³/mol. The SMILES string of the molecule is CS(=O)(=O)N1CCc2cc(C(=O)COC(=O)c3cc4ccccc4s3)ccc21. The zero-order valence-corrected chi connectivity index (χ0v) is 16.7. The standard InChI is InChI=1S/C20H17NO5S2/c1-28(24,25)21-9-8-13-10-14(6-7-16(13)21)17(22)12-26-20(23)19-11-15-4-2-3-5-18(15)27-19/h2-7,10-11H,8-9,12H2,1H3. The van der Waals surface area contributed by atoms with Gasteiger partial charge in [-0.25, -0.2) is 13.2 Å². The first-order valence-corrected chi connectivity index (χ1v) is 11.3. The number of carbonyl (C=O) groups excluding carboxylic acids is 2. The van der Waals surface area contributed by atoms with Gasteiger partial charge in [-0.05, 0) is 47.7 Å². The molecule has 0 unspecified atom stereocenters. The summed E-state index contributed by atoms with van der Waals surface area (Å²) in [6.07, 6.45) is 1.71. The molecule has 6 nitrogen and oxygen atoms in total. The lowest BCUT2D eigenvalue weighted by Crippen LogP contribution is -2.27. The molecule has 0 radical (unpaired) electrons. The number of benzene rings is 2. The van der Waals surface area contributed by atoms with Crippen LogP contribution in [0.3, 0.4) is 0 Å². The molecule has 4 rings (SSSR count). The van der Waals surface area contributed by atoms with Gasteiger partial charge in [0.2, 0.25) is 10.0 Å². The normalized spacial score (nSPS) is 13.5. The molecule has 1 aromatic heterocycles. The van der Waals surface area contributed by atoms with Gasteiger partial charge in [0.25, 0.3) is 0 Å². The van der Waals surface area contributed by atoms with Crippen molar-refractivity contribution in [3.63, 3.8) is 0 Å². The van der Waals surface area contributed by atoms with E-state index in [0.717, 1.165) is 21.9 Å². The first kappa shape index (κ1) is 18.6. The maximum atomic E-state index is 12.4. The van der Waals surface area contributed by atoms with Gasteiger partial charge in [0.15, 0.2) is 12.4 Å². The number of ketones is 1. The molecule has 2 aromatic carbocycles. The van der Waals surface area contributed by atoms with Crippen LogP contribution in [0.15, 0.2) is 48.5 Å². The maximum absolute atomic E-state index is 12.4. The lowest BCUT2D eigenvalue weighted by Gasteiger charge is -2.16. The molecule has 144 valence electrons. The Balaban J connectivity index is 1.45. The van der Waals surface area contributed by atoms with E-state index in [1.54, 1.807) is 24.3 Å². The van der Waals surface area contributed by atoms with Crippen molar-refractivity contribution in [1.29, 1.82) is 0 Å². The Morgan fingerprint density at radius 2 is 1.93 bits per heavy atom. The van der Waals surface area contributed by atoms with Crippen LogP contribution in [0.1, 0.15) is 25.6 Å². The van der Waals surface area contributed by atoms with Crippen LogP contribution in [0.2, 0.25) is 0 Å². The smallest absolute Gasteiger partial charge is 0.348 e. The Bertz CT molecular complexity index is 1160. The number of hydrogen-bond acceptors (Lipinski definition) is 6. The van der Waals surface area contributed by atoms with Crippen LogP contribution in [0.5, 0.6) is 0 Å². The van der Waals surface area contributed by atoms with E-state index in [1.807, 2.05) is 24.3 Å². The first-order chi connectivity index (χ1) is 13.3. The van der Waals surface area contributed by atoms with E-state index >= 15 is 0 Å². The average Bonchev–Trinajstić information content (AvgIpc) is 3.28. The summed E-state index contributed by atoms with van der Waals surface area (Å²) in [5, 5.41) is 0.958. The number of sulfonamides is 1. The molecule has 3 aromatic rings. The minimum atomic E-state index is -3.33. The third-order valence-electron chi connectivity index (χ3n) is 4.62. The van der Waals surface area contributed by atoms with E-state index in [4.69, 9.17) is 4.74 Å². The number of fused-ring (bicyclic) bond motifs is 2. The topological polar surface area (TPSA) is 80.8 Å². The molecule has 1 aliphatic heterocycles. The fourth-order valence-electron chi connectivity index (χ4n) is 3.26. The monoisotopic (exact) mass is 415 g/mol. The summed E-state index contributed by atoms with van der Waals surface area (Å²) in [5.74, 6) is -0.853. The van der Waals surface area contributed by atoms with E-state index in [2.05, 4.69) is 0 Å². The minimum absolute atomic E-state index is 0.324. The third kappa shape index (κ3) is 3.53. The Morgan fingerprint density at radius 3 is 2.68 bits per heavy atom. The summed E-state index contributed by atoms with van der Waals surface area (Å²) >= 11 is 1.32. The molecule has 0 saturated heterocycles. The molecule has 0 N–H and O–H groups in total. The highest BCUT2D eigenvalue weighted by Gasteiger charge is 2.27. The molecular weight excluding hydrogens is 398 g/mol. The molecule has 0 atom stereocenters. The predicted octanol–water partition coefficient (Wildman–Crippen LogP) is 3.26. The van der Waals surface area contributed by atoms with Gasteiger partial charge in [0.05, 0.1) is 11.9 Å². The fraction of sp³-hybridized carbons (Fsp3) is 0.200. The van der Waals surface area contributed by atoms with Crippen molar-refractivity contribution in [3.8, 4) is 0 Å². The lowest BCUT2D eigenvalue weighted by molar-refractivity contribution is 0.0479. The van der Waals surface area contributed by atoms with Gasteiger partial charge in [-0.1, -0.05) is 18.2 Å². The largest absolute Gasteiger partial charge is 0.453 e. The van der Waals surface area contributed by atoms with Gasteiger partial charge >= 0.3 is 5.97 Å². The quantitative estimate of drug-likeness (QED) is 0.472.